The molecule has 0 radical (unpaired) electrons. The van der Waals surface area contributed by atoms with E-state index in [9.17, 15) is 4.79 Å². The third kappa shape index (κ3) is 4.33. The van der Waals surface area contributed by atoms with Crippen molar-refractivity contribution in [3.05, 3.63) is 35.4 Å². The fraction of sp³-hybridized carbons (Fsp3) is 0.533. The first kappa shape index (κ1) is 14.0. The zero-order valence-corrected chi connectivity index (χ0v) is 11.4. The van der Waals surface area contributed by atoms with E-state index in [4.69, 9.17) is 4.74 Å². The molecule has 2 N–H and O–H groups in total. The van der Waals surface area contributed by atoms with E-state index in [0.29, 0.717) is 25.7 Å². The van der Waals surface area contributed by atoms with Crippen LogP contribution in [0, 0.1) is 0 Å². The summed E-state index contributed by atoms with van der Waals surface area (Å²) in [6, 6.07) is 8.87. The highest BCUT2D eigenvalue weighted by Gasteiger charge is 2.20. The van der Waals surface area contributed by atoms with Crippen molar-refractivity contribution in [2.24, 2.45) is 0 Å². The molecule has 1 aliphatic rings. The van der Waals surface area contributed by atoms with Crippen LogP contribution in [0.15, 0.2) is 24.3 Å². The van der Waals surface area contributed by atoms with Gasteiger partial charge in [-0.1, -0.05) is 24.3 Å². The van der Waals surface area contributed by atoms with Gasteiger partial charge in [0.15, 0.2) is 0 Å². The van der Waals surface area contributed by atoms with Gasteiger partial charge >= 0.3 is 0 Å². The van der Waals surface area contributed by atoms with Gasteiger partial charge in [0.25, 0.3) is 0 Å². The number of amides is 1. The molecule has 1 amide bonds. The molecule has 0 aromatic heterocycles. The number of nitrogens with one attached hydrogen (secondary N) is 2. The molecule has 0 saturated heterocycles. The highest BCUT2D eigenvalue weighted by molar-refractivity contribution is 5.78. The number of benzene rings is 1. The third-order valence-electron chi connectivity index (χ3n) is 3.45. The van der Waals surface area contributed by atoms with Gasteiger partial charge in [-0.3, -0.25) is 4.79 Å². The number of methoxy groups -OCH3 is 1. The minimum Gasteiger partial charge on any atom is -0.385 e. The van der Waals surface area contributed by atoms with Gasteiger partial charge in [0.2, 0.25) is 5.91 Å². The van der Waals surface area contributed by atoms with Crippen molar-refractivity contribution in [1.82, 2.24) is 10.6 Å². The fourth-order valence-electron chi connectivity index (χ4n) is 2.45. The Hall–Kier alpha value is -1.39. The van der Waals surface area contributed by atoms with E-state index in [0.717, 1.165) is 19.3 Å². The summed E-state index contributed by atoms with van der Waals surface area (Å²) in [5.41, 5.74) is 2.81. The predicted molar refractivity (Wildman–Crippen MR) is 75.1 cm³/mol. The SMILES string of the molecule is COCCCNC(=O)CNC1Cc2ccccc2C1. The Kier molecular flexibility index (Phi) is 5.36. The third-order valence-corrected chi connectivity index (χ3v) is 3.45. The van der Waals surface area contributed by atoms with E-state index in [2.05, 4.69) is 34.9 Å². The average Bonchev–Trinajstić information content (AvgIpc) is 2.84. The van der Waals surface area contributed by atoms with Gasteiger partial charge in [0.05, 0.1) is 6.54 Å². The molecule has 0 spiro atoms. The average molecular weight is 262 g/mol. The molecule has 1 aromatic rings. The second-order valence-corrected chi connectivity index (χ2v) is 4.95. The summed E-state index contributed by atoms with van der Waals surface area (Å²) in [6.07, 6.45) is 2.90. The zero-order chi connectivity index (χ0) is 13.5. The van der Waals surface area contributed by atoms with E-state index >= 15 is 0 Å². The molecule has 0 saturated carbocycles. The molecule has 1 aliphatic carbocycles. The molecule has 0 aliphatic heterocycles. The fourth-order valence-corrected chi connectivity index (χ4v) is 2.45. The van der Waals surface area contributed by atoms with E-state index < -0.39 is 0 Å². The minimum absolute atomic E-state index is 0.0621. The number of fused-ring (bicyclic) bond motifs is 1. The molecule has 0 bridgehead atoms. The highest BCUT2D eigenvalue weighted by Crippen LogP contribution is 2.21. The molecule has 4 heteroatoms. The Morgan fingerprint density at radius 1 is 1.32 bits per heavy atom. The number of carbonyl (C=O) groups excluding carboxylic acids is 1. The normalized spacial score (nSPS) is 14.4. The van der Waals surface area contributed by atoms with Gasteiger partial charge in [-0.05, 0) is 30.4 Å². The van der Waals surface area contributed by atoms with Crippen molar-refractivity contribution in [3.8, 4) is 0 Å². The summed E-state index contributed by atoms with van der Waals surface area (Å²) in [5, 5.41) is 6.21. The maximum atomic E-state index is 11.6. The Labute approximate surface area is 114 Å². The van der Waals surface area contributed by atoms with E-state index in [1.54, 1.807) is 7.11 Å². The quantitative estimate of drug-likeness (QED) is 0.718. The minimum atomic E-state index is 0.0621. The van der Waals surface area contributed by atoms with Gasteiger partial charge in [-0.15, -0.1) is 0 Å². The molecule has 19 heavy (non-hydrogen) atoms. The van der Waals surface area contributed by atoms with Crippen LogP contribution in [0.1, 0.15) is 17.5 Å². The summed E-state index contributed by atoms with van der Waals surface area (Å²) in [7, 11) is 1.67. The van der Waals surface area contributed by atoms with Crippen LogP contribution < -0.4 is 10.6 Å². The van der Waals surface area contributed by atoms with Gasteiger partial charge in [-0.25, -0.2) is 0 Å². The van der Waals surface area contributed by atoms with Crippen molar-refractivity contribution in [1.29, 1.82) is 0 Å². The van der Waals surface area contributed by atoms with Crippen molar-refractivity contribution < 1.29 is 9.53 Å². The lowest BCUT2D eigenvalue weighted by molar-refractivity contribution is -0.120. The maximum Gasteiger partial charge on any atom is 0.233 e. The second-order valence-electron chi connectivity index (χ2n) is 4.95. The smallest absolute Gasteiger partial charge is 0.233 e. The summed E-state index contributed by atoms with van der Waals surface area (Å²) >= 11 is 0. The van der Waals surface area contributed by atoms with Crippen molar-refractivity contribution in [3.63, 3.8) is 0 Å². The van der Waals surface area contributed by atoms with Crippen molar-refractivity contribution >= 4 is 5.91 Å². The molecular formula is C15H22N2O2. The number of carbonyl (C=O) groups is 1. The topological polar surface area (TPSA) is 50.4 Å². The van der Waals surface area contributed by atoms with Gasteiger partial charge in [0, 0.05) is 26.3 Å². The standard InChI is InChI=1S/C15H22N2O2/c1-19-8-4-7-16-15(18)11-17-14-9-12-5-2-3-6-13(12)10-14/h2-3,5-6,14,17H,4,7-11H2,1H3,(H,16,18). The molecule has 1 aromatic carbocycles. The van der Waals surface area contributed by atoms with Crippen LogP contribution in [-0.4, -0.2) is 38.8 Å². The first-order chi connectivity index (χ1) is 9.29. The molecule has 0 atom stereocenters. The summed E-state index contributed by atoms with van der Waals surface area (Å²) < 4.78 is 4.93. The molecule has 0 fully saturated rings. The van der Waals surface area contributed by atoms with Gasteiger partial charge < -0.3 is 15.4 Å². The Bertz CT molecular complexity index is 395. The van der Waals surface area contributed by atoms with E-state index in [-0.39, 0.29) is 5.91 Å². The lowest BCUT2D eigenvalue weighted by Gasteiger charge is -2.11. The van der Waals surface area contributed by atoms with Crippen LogP contribution in [0.4, 0.5) is 0 Å². The molecule has 4 nitrogen and oxygen atoms in total. The largest absolute Gasteiger partial charge is 0.385 e. The Balaban J connectivity index is 1.63. The number of rotatable bonds is 7. The summed E-state index contributed by atoms with van der Waals surface area (Å²) in [5.74, 6) is 0.0621. The highest BCUT2D eigenvalue weighted by atomic mass is 16.5. The molecule has 104 valence electrons. The maximum absolute atomic E-state index is 11.6. The first-order valence-corrected chi connectivity index (χ1v) is 6.85. The Morgan fingerprint density at radius 3 is 2.63 bits per heavy atom. The van der Waals surface area contributed by atoms with E-state index in [1.165, 1.54) is 11.1 Å². The van der Waals surface area contributed by atoms with E-state index in [1.807, 2.05) is 0 Å². The van der Waals surface area contributed by atoms with Gasteiger partial charge in [0.1, 0.15) is 0 Å². The molecule has 0 unspecified atom stereocenters. The lowest BCUT2D eigenvalue weighted by Crippen LogP contribution is -2.40. The van der Waals surface area contributed by atoms with Crippen LogP contribution in [0.25, 0.3) is 0 Å². The summed E-state index contributed by atoms with van der Waals surface area (Å²) in [4.78, 5) is 11.6. The number of hydrogen-bond donors (Lipinski definition) is 2. The van der Waals surface area contributed by atoms with Gasteiger partial charge in [-0.2, -0.15) is 0 Å². The lowest BCUT2D eigenvalue weighted by atomic mass is 10.1. The second kappa shape index (κ2) is 7.26. The first-order valence-electron chi connectivity index (χ1n) is 6.85. The monoisotopic (exact) mass is 262 g/mol. The Morgan fingerprint density at radius 2 is 2.00 bits per heavy atom. The molecular weight excluding hydrogens is 240 g/mol. The number of hydrogen-bond acceptors (Lipinski definition) is 3. The van der Waals surface area contributed by atoms with Crippen LogP contribution >= 0.6 is 0 Å². The molecule has 0 heterocycles. The van der Waals surface area contributed by atoms with Crippen LogP contribution in [0.3, 0.4) is 0 Å². The van der Waals surface area contributed by atoms with Crippen LogP contribution in [0.5, 0.6) is 0 Å². The zero-order valence-electron chi connectivity index (χ0n) is 11.4. The summed E-state index contributed by atoms with van der Waals surface area (Å²) in [6.45, 7) is 1.76. The molecule has 2 rings (SSSR count). The number of ether oxygens (including phenoxy) is 1. The predicted octanol–water partition coefficient (Wildman–Crippen LogP) is 0.896. The van der Waals surface area contributed by atoms with Crippen LogP contribution in [0.2, 0.25) is 0 Å². The van der Waals surface area contributed by atoms with Crippen LogP contribution in [-0.2, 0) is 22.4 Å². The van der Waals surface area contributed by atoms with Crippen molar-refractivity contribution in [2.45, 2.75) is 25.3 Å². The van der Waals surface area contributed by atoms with Crippen molar-refractivity contribution in [2.75, 3.05) is 26.8 Å².